The summed E-state index contributed by atoms with van der Waals surface area (Å²) in [5, 5.41) is 4.81. The van der Waals surface area contributed by atoms with Crippen LogP contribution in [0.15, 0.2) is 70.2 Å². The Bertz CT molecular complexity index is 1280. The van der Waals surface area contributed by atoms with Crippen molar-refractivity contribution in [3.05, 3.63) is 83.3 Å². The van der Waals surface area contributed by atoms with Crippen molar-refractivity contribution in [3.63, 3.8) is 0 Å². The lowest BCUT2D eigenvalue weighted by Crippen LogP contribution is -2.26. The molecular formula is C21H17N3O6S. The van der Waals surface area contributed by atoms with Gasteiger partial charge in [0.25, 0.3) is 17.7 Å². The Labute approximate surface area is 177 Å². The second kappa shape index (κ2) is 7.82. The number of hydrogen-bond donors (Lipinski definition) is 2. The highest BCUT2D eigenvalue weighted by Gasteiger charge is 2.27. The molecule has 0 saturated carbocycles. The van der Waals surface area contributed by atoms with Crippen molar-refractivity contribution in [2.24, 2.45) is 0 Å². The van der Waals surface area contributed by atoms with Crippen LogP contribution in [0.2, 0.25) is 0 Å². The smallest absolute Gasteiger partial charge is 0.259 e. The summed E-state index contributed by atoms with van der Waals surface area (Å²) in [7, 11) is -2.33. The van der Waals surface area contributed by atoms with E-state index < -0.39 is 27.7 Å². The van der Waals surface area contributed by atoms with Gasteiger partial charge in [0.2, 0.25) is 10.0 Å². The highest BCUT2D eigenvalue weighted by atomic mass is 32.2. The molecule has 0 fully saturated rings. The molecule has 3 amide bonds. The summed E-state index contributed by atoms with van der Waals surface area (Å²) in [6.45, 7) is 0.0754. The van der Waals surface area contributed by atoms with E-state index in [-0.39, 0.29) is 28.1 Å². The van der Waals surface area contributed by atoms with Gasteiger partial charge in [-0.2, -0.15) is 4.31 Å². The molecule has 0 aliphatic carbocycles. The number of anilines is 1. The number of imide groups is 1. The number of carbonyl (C=O) groups excluding carboxylic acids is 3. The zero-order chi connectivity index (χ0) is 22.2. The number of sulfonamides is 1. The minimum Gasteiger partial charge on any atom is -0.468 e. The fourth-order valence-corrected chi connectivity index (χ4v) is 4.25. The quantitative estimate of drug-likeness (QED) is 0.568. The molecule has 2 N–H and O–H groups in total. The number of furan rings is 1. The molecule has 31 heavy (non-hydrogen) atoms. The highest BCUT2D eigenvalue weighted by Crippen LogP contribution is 2.22. The van der Waals surface area contributed by atoms with Gasteiger partial charge in [-0.15, -0.1) is 0 Å². The van der Waals surface area contributed by atoms with E-state index in [4.69, 9.17) is 4.42 Å². The third-order valence-electron chi connectivity index (χ3n) is 4.78. The molecule has 2 aromatic carbocycles. The summed E-state index contributed by atoms with van der Waals surface area (Å²) >= 11 is 0. The molecule has 0 atom stereocenters. The topological polar surface area (TPSA) is 126 Å². The molecule has 158 valence electrons. The van der Waals surface area contributed by atoms with Crippen LogP contribution in [0.4, 0.5) is 5.69 Å². The van der Waals surface area contributed by atoms with Gasteiger partial charge in [0.1, 0.15) is 5.76 Å². The summed E-state index contributed by atoms with van der Waals surface area (Å²) < 4.78 is 31.8. The third-order valence-corrected chi connectivity index (χ3v) is 6.59. The van der Waals surface area contributed by atoms with Gasteiger partial charge >= 0.3 is 0 Å². The molecule has 10 heteroatoms. The van der Waals surface area contributed by atoms with Gasteiger partial charge in [-0.3, -0.25) is 19.7 Å². The maximum Gasteiger partial charge on any atom is 0.259 e. The van der Waals surface area contributed by atoms with Crippen LogP contribution in [0.3, 0.4) is 0 Å². The summed E-state index contributed by atoms with van der Waals surface area (Å²) in [5.41, 5.74) is 0.997. The van der Waals surface area contributed by atoms with Gasteiger partial charge in [-0.25, -0.2) is 8.42 Å². The average molecular weight is 439 g/mol. The number of carbonyl (C=O) groups is 3. The predicted molar refractivity (Wildman–Crippen MR) is 110 cm³/mol. The Morgan fingerprint density at radius 1 is 1.03 bits per heavy atom. The van der Waals surface area contributed by atoms with Crippen molar-refractivity contribution in [2.45, 2.75) is 11.4 Å². The van der Waals surface area contributed by atoms with Crippen molar-refractivity contribution < 1.29 is 27.2 Å². The lowest BCUT2D eigenvalue weighted by molar-refractivity contribution is 0.0878. The minimum atomic E-state index is -3.77. The number of benzene rings is 2. The van der Waals surface area contributed by atoms with E-state index in [9.17, 15) is 22.8 Å². The van der Waals surface area contributed by atoms with Gasteiger partial charge in [0.15, 0.2) is 0 Å². The Kier molecular flexibility index (Phi) is 5.17. The molecule has 0 saturated heterocycles. The first-order valence-corrected chi connectivity index (χ1v) is 10.6. The Morgan fingerprint density at radius 3 is 2.42 bits per heavy atom. The predicted octanol–water partition coefficient (Wildman–Crippen LogP) is 2.24. The molecule has 3 aromatic rings. The van der Waals surface area contributed by atoms with Gasteiger partial charge in [-0.05, 0) is 54.6 Å². The first kappa shape index (κ1) is 20.5. The third kappa shape index (κ3) is 3.98. The normalized spacial score (nSPS) is 13.2. The molecule has 2 heterocycles. The Morgan fingerprint density at radius 2 is 1.74 bits per heavy atom. The van der Waals surface area contributed by atoms with Crippen LogP contribution in [0.25, 0.3) is 0 Å². The van der Waals surface area contributed by atoms with E-state index in [1.165, 1.54) is 55.8 Å². The first-order valence-electron chi connectivity index (χ1n) is 9.15. The van der Waals surface area contributed by atoms with E-state index >= 15 is 0 Å². The summed E-state index contributed by atoms with van der Waals surface area (Å²) in [6.07, 6.45) is 1.47. The minimum absolute atomic E-state index is 0.0332. The molecule has 0 spiro atoms. The molecular weight excluding hydrogens is 422 g/mol. The van der Waals surface area contributed by atoms with Gasteiger partial charge in [0.05, 0.1) is 28.8 Å². The number of hydrogen-bond acceptors (Lipinski definition) is 6. The van der Waals surface area contributed by atoms with Crippen LogP contribution < -0.4 is 10.6 Å². The van der Waals surface area contributed by atoms with E-state index in [1.54, 1.807) is 12.1 Å². The van der Waals surface area contributed by atoms with Gasteiger partial charge in [-0.1, -0.05) is 0 Å². The SMILES string of the molecule is CN(Cc1ccco1)S(=O)(=O)c1ccc(C(=O)Nc2ccc3c(c2)C(=O)NC3=O)cc1. The Hall–Kier alpha value is -3.76. The zero-order valence-corrected chi connectivity index (χ0v) is 17.1. The number of amides is 3. The largest absolute Gasteiger partial charge is 0.468 e. The van der Waals surface area contributed by atoms with Crippen molar-refractivity contribution in [3.8, 4) is 0 Å². The molecule has 0 unspecified atom stereocenters. The zero-order valence-electron chi connectivity index (χ0n) is 16.3. The summed E-state index contributed by atoms with van der Waals surface area (Å²) in [6, 6.07) is 13.2. The van der Waals surface area contributed by atoms with Crippen molar-refractivity contribution >= 4 is 33.4 Å². The fourth-order valence-electron chi connectivity index (χ4n) is 3.11. The lowest BCUT2D eigenvalue weighted by Gasteiger charge is -2.16. The number of nitrogens with zero attached hydrogens (tertiary/aromatic N) is 1. The monoisotopic (exact) mass is 439 g/mol. The molecule has 4 rings (SSSR count). The molecule has 9 nitrogen and oxygen atoms in total. The molecule has 1 aliphatic rings. The Balaban J connectivity index is 1.48. The van der Waals surface area contributed by atoms with Crippen LogP contribution in [0.5, 0.6) is 0 Å². The highest BCUT2D eigenvalue weighted by molar-refractivity contribution is 7.89. The number of nitrogens with one attached hydrogen (secondary N) is 2. The molecule has 0 radical (unpaired) electrons. The van der Waals surface area contributed by atoms with E-state index in [1.807, 2.05) is 0 Å². The van der Waals surface area contributed by atoms with Crippen LogP contribution in [0, 0.1) is 0 Å². The summed E-state index contributed by atoms with van der Waals surface area (Å²) in [4.78, 5) is 35.9. The lowest BCUT2D eigenvalue weighted by atomic mass is 10.1. The molecule has 1 aliphatic heterocycles. The van der Waals surface area contributed by atoms with Crippen molar-refractivity contribution in [1.29, 1.82) is 0 Å². The van der Waals surface area contributed by atoms with Crippen LogP contribution >= 0.6 is 0 Å². The maximum atomic E-state index is 12.7. The van der Waals surface area contributed by atoms with E-state index in [0.717, 1.165) is 4.31 Å². The average Bonchev–Trinajstić information content (AvgIpc) is 3.36. The van der Waals surface area contributed by atoms with Crippen LogP contribution in [0.1, 0.15) is 36.8 Å². The van der Waals surface area contributed by atoms with E-state index in [2.05, 4.69) is 10.6 Å². The van der Waals surface area contributed by atoms with Crippen LogP contribution in [-0.4, -0.2) is 37.5 Å². The van der Waals surface area contributed by atoms with Gasteiger partial charge < -0.3 is 9.73 Å². The van der Waals surface area contributed by atoms with Crippen molar-refractivity contribution in [1.82, 2.24) is 9.62 Å². The van der Waals surface area contributed by atoms with E-state index in [0.29, 0.717) is 11.4 Å². The molecule has 0 bridgehead atoms. The standard InChI is InChI=1S/C21H17N3O6S/c1-24(12-15-3-2-10-30-15)31(28,29)16-7-4-13(5-8-16)19(25)22-14-6-9-17-18(11-14)21(27)23-20(17)26/h2-11H,12H2,1H3,(H,22,25)(H,23,26,27). The summed E-state index contributed by atoms with van der Waals surface area (Å²) in [5.74, 6) is -0.986. The first-order chi connectivity index (χ1) is 14.8. The second-order valence-electron chi connectivity index (χ2n) is 6.86. The number of fused-ring (bicyclic) bond motifs is 1. The van der Waals surface area contributed by atoms with Gasteiger partial charge in [0, 0.05) is 18.3 Å². The van der Waals surface area contributed by atoms with Crippen LogP contribution in [-0.2, 0) is 16.6 Å². The number of rotatable bonds is 6. The van der Waals surface area contributed by atoms with Crippen molar-refractivity contribution in [2.75, 3.05) is 12.4 Å². The fraction of sp³-hybridized carbons (Fsp3) is 0.0952. The second-order valence-corrected chi connectivity index (χ2v) is 8.91. The maximum absolute atomic E-state index is 12.7. The molecule has 1 aromatic heterocycles.